The van der Waals surface area contributed by atoms with Gasteiger partial charge in [0, 0.05) is 6.42 Å². The number of rotatable bonds is 4. The summed E-state index contributed by atoms with van der Waals surface area (Å²) in [5, 5.41) is 1.75. The van der Waals surface area contributed by atoms with Crippen molar-refractivity contribution in [1.29, 1.82) is 0 Å². The molecule has 20 heavy (non-hydrogen) atoms. The normalized spacial score (nSPS) is 13.8. The molecule has 0 aliphatic heterocycles. The van der Waals surface area contributed by atoms with Crippen LogP contribution >= 0.6 is 7.77 Å². The van der Waals surface area contributed by atoms with Crippen LogP contribution in [0.1, 0.15) is 30.5 Å². The van der Waals surface area contributed by atoms with Gasteiger partial charge in [-0.05, 0) is 24.6 Å². The first-order valence-electron chi connectivity index (χ1n) is 6.83. The van der Waals surface area contributed by atoms with Crippen molar-refractivity contribution < 1.29 is 4.89 Å². The molecule has 0 radical (unpaired) electrons. The minimum atomic E-state index is -1.57. The van der Waals surface area contributed by atoms with Gasteiger partial charge in [0.05, 0.1) is 13.8 Å². The smallest absolute Gasteiger partial charge is 0.144 e. The molecule has 2 rings (SSSR count). The van der Waals surface area contributed by atoms with Crippen LogP contribution < -0.4 is 15.9 Å². The van der Waals surface area contributed by atoms with Gasteiger partial charge in [-0.25, -0.2) is 0 Å². The van der Waals surface area contributed by atoms with Crippen LogP contribution in [-0.4, -0.2) is 5.29 Å². The Morgan fingerprint density at radius 3 is 2.25 bits per heavy atom. The second-order valence-corrected chi connectivity index (χ2v) is 6.54. The summed E-state index contributed by atoms with van der Waals surface area (Å²) in [6.07, 6.45) is 0.721. The Morgan fingerprint density at radius 2 is 1.70 bits per heavy atom. The Bertz CT molecular complexity index is 590. The van der Waals surface area contributed by atoms with Gasteiger partial charge in [0.2, 0.25) is 0 Å². The molecule has 0 spiro atoms. The average molecular weight is 285 g/mol. The van der Waals surface area contributed by atoms with E-state index in [2.05, 4.69) is 0 Å². The first-order valence-corrected chi connectivity index (χ1v) is 8.09. The third-order valence-electron chi connectivity index (χ3n) is 3.41. The molecule has 0 heterocycles. The van der Waals surface area contributed by atoms with Crippen molar-refractivity contribution >= 4 is 18.4 Å². The van der Waals surface area contributed by atoms with Crippen LogP contribution in [0.15, 0.2) is 54.6 Å². The molecule has 0 amide bonds. The third-order valence-corrected chi connectivity index (χ3v) is 5.29. The zero-order chi connectivity index (χ0) is 14.5. The van der Waals surface area contributed by atoms with Crippen LogP contribution in [-0.2, 0) is 0 Å². The largest absolute Gasteiger partial charge is 0.626 e. The Hall–Kier alpha value is -1.47. The lowest BCUT2D eigenvalue weighted by atomic mass is 10.0. The molecule has 3 heteroatoms. The van der Waals surface area contributed by atoms with E-state index in [0.29, 0.717) is 0 Å². The van der Waals surface area contributed by atoms with Crippen molar-refractivity contribution in [2.45, 2.75) is 26.3 Å². The number of nitrogens with two attached hydrogens (primary N) is 1. The van der Waals surface area contributed by atoms with Crippen LogP contribution in [0.25, 0.3) is 0 Å². The molecule has 0 aliphatic carbocycles. The van der Waals surface area contributed by atoms with Crippen LogP contribution in [0.2, 0.25) is 0 Å². The van der Waals surface area contributed by atoms with Gasteiger partial charge in [0.25, 0.3) is 0 Å². The van der Waals surface area contributed by atoms with E-state index in [-0.39, 0.29) is 6.04 Å². The van der Waals surface area contributed by atoms with Gasteiger partial charge < -0.3 is 10.6 Å². The molecule has 2 atom stereocenters. The SMILES string of the molecule is CC/C(C(N)c1ccccc1)=[P+](\[O-])c1ccc(C)cc1. The van der Waals surface area contributed by atoms with Crippen molar-refractivity contribution in [3.8, 4) is 0 Å². The molecule has 0 saturated carbocycles. The monoisotopic (exact) mass is 285 g/mol. The minimum Gasteiger partial charge on any atom is -0.626 e. The van der Waals surface area contributed by atoms with Gasteiger partial charge in [-0.3, -0.25) is 0 Å². The van der Waals surface area contributed by atoms with Gasteiger partial charge in [-0.2, -0.15) is 0 Å². The minimum absolute atomic E-state index is 0.272. The number of benzene rings is 2. The highest BCUT2D eigenvalue weighted by atomic mass is 31.1. The molecular formula is C17H20NOP. The number of hydrogen-bond acceptors (Lipinski definition) is 2. The fourth-order valence-corrected chi connectivity index (χ4v) is 3.63. The van der Waals surface area contributed by atoms with Crippen molar-refractivity contribution in [2.75, 3.05) is 0 Å². The maximum absolute atomic E-state index is 12.7. The lowest BCUT2D eigenvalue weighted by molar-refractivity contribution is -0.149. The molecule has 0 aromatic heterocycles. The third kappa shape index (κ3) is 3.34. The van der Waals surface area contributed by atoms with E-state index in [0.717, 1.165) is 22.6 Å². The van der Waals surface area contributed by atoms with Crippen molar-refractivity contribution in [3.63, 3.8) is 0 Å². The highest BCUT2D eigenvalue weighted by molar-refractivity contribution is 7.59. The molecule has 2 aromatic carbocycles. The maximum Gasteiger partial charge on any atom is 0.144 e. The van der Waals surface area contributed by atoms with E-state index in [1.807, 2.05) is 68.4 Å². The molecule has 104 valence electrons. The zero-order valence-electron chi connectivity index (χ0n) is 11.9. The van der Waals surface area contributed by atoms with E-state index < -0.39 is 7.77 Å². The van der Waals surface area contributed by atoms with E-state index in [9.17, 15) is 4.89 Å². The molecule has 2 unspecified atom stereocenters. The fraction of sp³-hybridized carbons (Fsp3) is 0.235. The number of hydrogen-bond donors (Lipinski definition) is 1. The Kier molecular flexibility index (Phi) is 5.08. The zero-order valence-corrected chi connectivity index (χ0v) is 12.8. The number of aryl methyl sites for hydroxylation is 1. The summed E-state index contributed by atoms with van der Waals surface area (Å²) >= 11 is 0. The maximum atomic E-state index is 12.7. The van der Waals surface area contributed by atoms with Gasteiger partial charge in [-0.15, -0.1) is 0 Å². The lowest BCUT2D eigenvalue weighted by Gasteiger charge is -2.14. The summed E-state index contributed by atoms with van der Waals surface area (Å²) in [5.41, 5.74) is 8.48. The van der Waals surface area contributed by atoms with Gasteiger partial charge in [-0.1, -0.05) is 55.0 Å². The fourth-order valence-electron chi connectivity index (χ4n) is 2.19. The van der Waals surface area contributed by atoms with Gasteiger partial charge >= 0.3 is 0 Å². The second kappa shape index (κ2) is 6.81. The summed E-state index contributed by atoms with van der Waals surface area (Å²) in [4.78, 5) is 12.7. The quantitative estimate of drug-likeness (QED) is 0.878. The highest BCUT2D eigenvalue weighted by Gasteiger charge is 2.20. The summed E-state index contributed by atoms with van der Waals surface area (Å²) < 4.78 is 0. The summed E-state index contributed by atoms with van der Waals surface area (Å²) in [7, 11) is -1.57. The second-order valence-electron chi connectivity index (χ2n) is 4.86. The van der Waals surface area contributed by atoms with Crippen molar-refractivity contribution in [1.82, 2.24) is 0 Å². The summed E-state index contributed by atoms with van der Waals surface area (Å²) in [5.74, 6) is 0. The van der Waals surface area contributed by atoms with E-state index >= 15 is 0 Å². The molecule has 0 bridgehead atoms. The highest BCUT2D eigenvalue weighted by Crippen LogP contribution is 2.24. The molecule has 2 nitrogen and oxygen atoms in total. The van der Waals surface area contributed by atoms with Gasteiger partial charge in [0.1, 0.15) is 10.6 Å². The molecular weight excluding hydrogens is 265 g/mol. The Morgan fingerprint density at radius 1 is 1.10 bits per heavy atom. The van der Waals surface area contributed by atoms with Crippen molar-refractivity contribution in [2.24, 2.45) is 5.73 Å². The van der Waals surface area contributed by atoms with Gasteiger partial charge in [0.15, 0.2) is 0 Å². The predicted molar refractivity (Wildman–Crippen MR) is 86.4 cm³/mol. The summed E-state index contributed by atoms with van der Waals surface area (Å²) in [6, 6.07) is 17.4. The van der Waals surface area contributed by atoms with Crippen molar-refractivity contribution in [3.05, 3.63) is 65.7 Å². The Labute approximate surface area is 121 Å². The molecule has 0 aliphatic rings. The van der Waals surface area contributed by atoms with Crippen LogP contribution in [0.4, 0.5) is 0 Å². The average Bonchev–Trinajstić information content (AvgIpc) is 2.49. The lowest BCUT2D eigenvalue weighted by Crippen LogP contribution is -2.24. The predicted octanol–water partition coefficient (Wildman–Crippen LogP) is 2.66. The standard InChI is InChI=1S/C17H20NOP/c1-3-16(17(18)14-7-5-4-6-8-14)20(19)15-11-9-13(2)10-12-15/h4-12,17H,3,18H2,1-2H3. The van der Waals surface area contributed by atoms with Crippen LogP contribution in [0.3, 0.4) is 0 Å². The molecule has 2 N–H and O–H groups in total. The first-order chi connectivity index (χ1) is 9.63. The molecule has 0 saturated heterocycles. The Balaban J connectivity index is 2.39. The van der Waals surface area contributed by atoms with Crippen LogP contribution in [0, 0.1) is 6.92 Å². The van der Waals surface area contributed by atoms with E-state index in [4.69, 9.17) is 5.73 Å². The summed E-state index contributed by atoms with van der Waals surface area (Å²) in [6.45, 7) is 4.04. The molecule has 2 aromatic rings. The van der Waals surface area contributed by atoms with Crippen LogP contribution in [0.5, 0.6) is 0 Å². The first kappa shape index (κ1) is 14.9. The van der Waals surface area contributed by atoms with E-state index in [1.54, 1.807) is 0 Å². The van der Waals surface area contributed by atoms with E-state index in [1.165, 1.54) is 5.56 Å². The molecule has 0 fully saturated rings. The topological polar surface area (TPSA) is 49.1 Å².